The van der Waals surface area contributed by atoms with E-state index in [0.717, 1.165) is 36.5 Å². The maximum Gasteiger partial charge on any atom is 0.192 e. The Morgan fingerprint density at radius 1 is 1.23 bits per heavy atom. The molecular weight excluding hydrogens is 410 g/mol. The van der Waals surface area contributed by atoms with Gasteiger partial charge < -0.3 is 10.2 Å². The van der Waals surface area contributed by atoms with Crippen LogP contribution in [0.15, 0.2) is 30.2 Å². The Hall–Kier alpha value is -2.19. The molecule has 31 heavy (non-hydrogen) atoms. The summed E-state index contributed by atoms with van der Waals surface area (Å²) in [5, 5.41) is 6.80. The van der Waals surface area contributed by atoms with Crippen LogP contribution in [-0.4, -0.2) is 53.8 Å². The number of anilines is 1. The van der Waals surface area contributed by atoms with Gasteiger partial charge in [-0.25, -0.2) is 17.9 Å². The minimum absolute atomic E-state index is 0.156. The second kappa shape index (κ2) is 12.0. The van der Waals surface area contributed by atoms with Gasteiger partial charge >= 0.3 is 0 Å². The molecule has 1 aliphatic heterocycles. The van der Waals surface area contributed by atoms with Gasteiger partial charge in [-0.05, 0) is 26.8 Å². The summed E-state index contributed by atoms with van der Waals surface area (Å²) < 4.78 is 28.5. The third-order valence-corrected chi connectivity index (χ3v) is 7.30. The van der Waals surface area contributed by atoms with E-state index in [1.54, 1.807) is 17.6 Å². The van der Waals surface area contributed by atoms with Gasteiger partial charge in [0.05, 0.1) is 10.9 Å². The first kappa shape index (κ1) is 26.8. The summed E-state index contributed by atoms with van der Waals surface area (Å²) in [6.07, 6.45) is 5.04. The summed E-state index contributed by atoms with van der Waals surface area (Å²) in [4.78, 5) is 7.04. The largest absolute Gasteiger partial charge is 0.371 e. The first-order valence-electron chi connectivity index (χ1n) is 11.1. The highest BCUT2D eigenvalue weighted by atomic mass is 32.2. The molecule has 2 aromatic rings. The van der Waals surface area contributed by atoms with Gasteiger partial charge in [-0.3, -0.25) is 0 Å². The Labute approximate surface area is 188 Å². The van der Waals surface area contributed by atoms with Crippen molar-refractivity contribution < 1.29 is 8.42 Å². The van der Waals surface area contributed by atoms with Crippen LogP contribution in [-0.2, 0) is 22.8 Å². The van der Waals surface area contributed by atoms with Crippen LogP contribution < -0.4 is 5.32 Å². The number of allylic oxidation sites excluding steroid dienone is 1. The highest BCUT2D eigenvalue weighted by Crippen LogP contribution is 2.33. The lowest BCUT2D eigenvalue weighted by Gasteiger charge is -2.26. The fourth-order valence-electron chi connectivity index (χ4n) is 3.61. The molecule has 0 aliphatic carbocycles. The SMILES string of the molecule is C=CCCC(C=C)S(=O)(=O)c1c(NC)nn2c3c(c(C)nc12)CN(C)CC3.CC.CC. The monoisotopic (exact) mass is 449 g/mol. The highest BCUT2D eigenvalue weighted by Gasteiger charge is 2.34. The van der Waals surface area contributed by atoms with Crippen LogP contribution in [0.25, 0.3) is 5.65 Å². The molecule has 0 spiro atoms. The van der Waals surface area contributed by atoms with Crippen LogP contribution in [0.5, 0.6) is 0 Å². The molecule has 1 N–H and O–H groups in total. The molecule has 0 aromatic carbocycles. The minimum atomic E-state index is -3.69. The molecule has 8 heteroatoms. The smallest absolute Gasteiger partial charge is 0.192 e. The van der Waals surface area contributed by atoms with Crippen molar-refractivity contribution in [1.82, 2.24) is 19.5 Å². The maximum atomic E-state index is 13.4. The normalized spacial score (nSPS) is 14.4. The number of rotatable bonds is 7. The molecule has 1 atom stereocenters. The molecule has 0 saturated heterocycles. The van der Waals surface area contributed by atoms with Gasteiger partial charge in [-0.15, -0.1) is 18.3 Å². The van der Waals surface area contributed by atoms with Crippen molar-refractivity contribution in [2.75, 3.05) is 26.0 Å². The number of nitrogens with one attached hydrogen (secondary N) is 1. The Morgan fingerprint density at radius 3 is 2.42 bits per heavy atom. The van der Waals surface area contributed by atoms with E-state index in [4.69, 9.17) is 0 Å². The average Bonchev–Trinajstić information content (AvgIpc) is 3.16. The Bertz CT molecular complexity index is 995. The highest BCUT2D eigenvalue weighted by molar-refractivity contribution is 7.92. The van der Waals surface area contributed by atoms with Crippen LogP contribution >= 0.6 is 0 Å². The van der Waals surface area contributed by atoms with E-state index in [2.05, 4.69) is 40.5 Å². The van der Waals surface area contributed by atoms with Crippen molar-refractivity contribution in [1.29, 1.82) is 0 Å². The van der Waals surface area contributed by atoms with Crippen LogP contribution in [0.3, 0.4) is 0 Å². The van der Waals surface area contributed by atoms with Gasteiger partial charge in [0, 0.05) is 37.8 Å². The molecular formula is C23H39N5O2S. The predicted molar refractivity (Wildman–Crippen MR) is 131 cm³/mol. The molecule has 0 bridgehead atoms. The molecule has 174 valence electrons. The number of hydrogen-bond acceptors (Lipinski definition) is 6. The summed E-state index contributed by atoms with van der Waals surface area (Å²) in [5.41, 5.74) is 3.40. The average molecular weight is 450 g/mol. The van der Waals surface area contributed by atoms with Crippen molar-refractivity contribution in [3.63, 3.8) is 0 Å². The van der Waals surface area contributed by atoms with Gasteiger partial charge in [0.2, 0.25) is 0 Å². The molecule has 0 radical (unpaired) electrons. The Morgan fingerprint density at radius 2 is 1.87 bits per heavy atom. The number of sulfone groups is 1. The number of aromatic nitrogens is 3. The topological polar surface area (TPSA) is 79.6 Å². The summed E-state index contributed by atoms with van der Waals surface area (Å²) >= 11 is 0. The van der Waals surface area contributed by atoms with Crippen molar-refractivity contribution >= 4 is 21.3 Å². The van der Waals surface area contributed by atoms with E-state index >= 15 is 0 Å². The minimum Gasteiger partial charge on any atom is -0.371 e. The number of nitrogens with zero attached hydrogens (tertiary/aromatic N) is 4. The van der Waals surface area contributed by atoms with Crippen LogP contribution in [0.4, 0.5) is 5.82 Å². The number of aryl methyl sites for hydroxylation is 1. The van der Waals surface area contributed by atoms with E-state index < -0.39 is 15.1 Å². The molecule has 0 amide bonds. The second-order valence-corrected chi connectivity index (χ2v) is 9.06. The van der Waals surface area contributed by atoms with Gasteiger partial charge in [-0.1, -0.05) is 39.8 Å². The van der Waals surface area contributed by atoms with Crippen molar-refractivity contribution in [3.8, 4) is 0 Å². The molecule has 0 fully saturated rings. The van der Waals surface area contributed by atoms with E-state index in [9.17, 15) is 8.42 Å². The number of fused-ring (bicyclic) bond motifs is 3. The maximum absolute atomic E-state index is 13.4. The van der Waals surface area contributed by atoms with Gasteiger partial charge in [0.15, 0.2) is 26.2 Å². The van der Waals surface area contributed by atoms with Crippen LogP contribution in [0, 0.1) is 6.92 Å². The van der Waals surface area contributed by atoms with Crippen molar-refractivity contribution in [2.45, 2.75) is 70.6 Å². The lowest BCUT2D eigenvalue weighted by molar-refractivity contribution is 0.306. The van der Waals surface area contributed by atoms with Crippen LogP contribution in [0.1, 0.15) is 57.5 Å². The second-order valence-electron chi connectivity index (χ2n) is 6.96. The molecule has 1 unspecified atom stereocenters. The quantitative estimate of drug-likeness (QED) is 0.631. The zero-order valence-corrected chi connectivity index (χ0v) is 21.0. The van der Waals surface area contributed by atoms with E-state index in [1.807, 2.05) is 34.6 Å². The van der Waals surface area contributed by atoms with Crippen molar-refractivity contribution in [2.24, 2.45) is 0 Å². The summed E-state index contributed by atoms with van der Waals surface area (Å²) in [5.74, 6) is 0.333. The summed E-state index contributed by atoms with van der Waals surface area (Å²) in [6, 6.07) is 0. The third-order valence-electron chi connectivity index (χ3n) is 5.13. The fraction of sp³-hybridized carbons (Fsp3) is 0.565. The Kier molecular flexibility index (Phi) is 10.4. The lowest BCUT2D eigenvalue weighted by atomic mass is 10.0. The van der Waals surface area contributed by atoms with E-state index in [-0.39, 0.29) is 4.90 Å². The molecule has 7 nitrogen and oxygen atoms in total. The summed E-state index contributed by atoms with van der Waals surface area (Å²) in [6.45, 7) is 19.0. The van der Waals surface area contributed by atoms with Crippen LogP contribution in [0.2, 0.25) is 0 Å². The zero-order chi connectivity index (χ0) is 23.8. The standard InChI is InChI=1S/C19H27N5O2S.2C2H6/c1-6-8-9-14(7-2)27(25,26)17-18(20-4)22-24-16-10-11-23(5)12-15(16)13(3)21-19(17)24;2*1-2/h6-7,14H,1-2,8-12H2,3-5H3,(H,20,22);2*1-2H3. The Balaban J connectivity index is 0.00000113. The fourth-order valence-corrected chi connectivity index (χ4v) is 5.41. The van der Waals surface area contributed by atoms with E-state index in [0.29, 0.717) is 24.3 Å². The van der Waals surface area contributed by atoms with Crippen molar-refractivity contribution in [3.05, 3.63) is 42.3 Å². The third kappa shape index (κ3) is 5.36. The zero-order valence-electron chi connectivity index (χ0n) is 20.2. The molecule has 1 aliphatic rings. The molecule has 3 rings (SSSR count). The first-order valence-corrected chi connectivity index (χ1v) is 12.6. The molecule has 3 heterocycles. The molecule has 2 aromatic heterocycles. The van der Waals surface area contributed by atoms with E-state index in [1.165, 1.54) is 6.08 Å². The number of hydrogen-bond donors (Lipinski definition) is 1. The first-order chi connectivity index (χ1) is 14.8. The van der Waals surface area contributed by atoms with Gasteiger partial charge in [0.1, 0.15) is 0 Å². The lowest BCUT2D eigenvalue weighted by Crippen LogP contribution is -2.29. The predicted octanol–water partition coefficient (Wildman–Crippen LogP) is 4.41. The summed E-state index contributed by atoms with van der Waals surface area (Å²) in [7, 11) is 0.0614. The number of likely N-dealkylation sites (N-methyl/N-ethyl adjacent to an activating group) is 1. The molecule has 0 saturated carbocycles. The van der Waals surface area contributed by atoms with Gasteiger partial charge in [0.25, 0.3) is 0 Å². The van der Waals surface area contributed by atoms with Gasteiger partial charge in [-0.2, -0.15) is 0 Å².